The zero-order valence-corrected chi connectivity index (χ0v) is 7.15. The van der Waals surface area contributed by atoms with Crippen LogP contribution in [-0.4, -0.2) is 12.2 Å². The maximum atomic E-state index is 12.8. The second-order valence-electron chi connectivity index (χ2n) is 2.73. The Balaban J connectivity index is 3.19. The van der Waals surface area contributed by atoms with Crippen molar-refractivity contribution >= 4 is 5.78 Å². The minimum Gasteiger partial charge on any atom is -0.288 e. The van der Waals surface area contributed by atoms with Crippen LogP contribution in [-0.2, 0) is 0 Å². The lowest BCUT2D eigenvalue weighted by molar-refractivity contribution is 0.0678. The lowest BCUT2D eigenvalue weighted by atomic mass is 10.1. The molecule has 0 aliphatic heterocycles. The van der Waals surface area contributed by atoms with Crippen molar-refractivity contribution < 1.29 is 22.4 Å². The van der Waals surface area contributed by atoms with Gasteiger partial charge < -0.3 is 0 Å². The van der Waals surface area contributed by atoms with Crippen LogP contribution in [0.25, 0.3) is 0 Å². The Bertz CT molecular complexity index is 350. The molecule has 0 heterocycles. The Morgan fingerprint density at radius 2 is 1.64 bits per heavy atom. The molecule has 0 aromatic heterocycles. The van der Waals surface area contributed by atoms with Crippen LogP contribution in [0.4, 0.5) is 17.6 Å². The molecule has 0 N–H and O–H groups in total. The fraction of sp³-hybridized carbons (Fsp3) is 0.222. The molecule has 0 bridgehead atoms. The van der Waals surface area contributed by atoms with Gasteiger partial charge in [0.25, 0.3) is 0 Å². The summed E-state index contributed by atoms with van der Waals surface area (Å²) in [4.78, 5) is 10.7. The maximum Gasteiger partial charge on any atom is 0.300 e. The number of hydrogen-bond acceptors (Lipinski definition) is 1. The van der Waals surface area contributed by atoms with Gasteiger partial charge in [0.1, 0.15) is 11.6 Å². The number of Topliss-reactive ketones (excluding diaryl/α,β-unsaturated/α-hetero) is 1. The van der Waals surface area contributed by atoms with E-state index in [4.69, 9.17) is 0 Å². The zero-order valence-electron chi connectivity index (χ0n) is 7.15. The summed E-state index contributed by atoms with van der Waals surface area (Å²) in [6.45, 7) is 1.15. The highest BCUT2D eigenvalue weighted by Crippen LogP contribution is 2.16. The molecular weight excluding hydrogens is 200 g/mol. The molecule has 76 valence electrons. The maximum absolute atomic E-state index is 12.8. The molecule has 0 atom stereocenters. The lowest BCUT2D eigenvalue weighted by Crippen LogP contribution is -2.11. The van der Waals surface area contributed by atoms with Gasteiger partial charge >= 0.3 is 6.43 Å². The number of rotatable bonds is 2. The minimum absolute atomic E-state index is 0.296. The molecule has 1 aromatic carbocycles. The molecule has 0 radical (unpaired) electrons. The van der Waals surface area contributed by atoms with Crippen molar-refractivity contribution in [3.63, 3.8) is 0 Å². The van der Waals surface area contributed by atoms with E-state index in [2.05, 4.69) is 0 Å². The second kappa shape index (κ2) is 3.77. The summed E-state index contributed by atoms with van der Waals surface area (Å²) in [5.41, 5.74) is -0.948. The number of halogens is 4. The van der Waals surface area contributed by atoms with E-state index in [0.717, 1.165) is 6.92 Å². The summed E-state index contributed by atoms with van der Waals surface area (Å²) in [5, 5.41) is 0. The molecule has 0 spiro atoms. The van der Waals surface area contributed by atoms with Crippen LogP contribution in [0.3, 0.4) is 0 Å². The van der Waals surface area contributed by atoms with Gasteiger partial charge in [0.05, 0.1) is 0 Å². The first-order valence-electron chi connectivity index (χ1n) is 3.71. The van der Waals surface area contributed by atoms with Crippen LogP contribution in [0.15, 0.2) is 12.1 Å². The van der Waals surface area contributed by atoms with Gasteiger partial charge in [-0.05, 0) is 19.1 Å². The van der Waals surface area contributed by atoms with Gasteiger partial charge in [0.2, 0.25) is 5.78 Å². The van der Waals surface area contributed by atoms with Crippen LogP contribution >= 0.6 is 0 Å². The second-order valence-corrected chi connectivity index (χ2v) is 2.73. The van der Waals surface area contributed by atoms with Crippen molar-refractivity contribution in [3.8, 4) is 0 Å². The fourth-order valence-electron chi connectivity index (χ4n) is 0.914. The quantitative estimate of drug-likeness (QED) is 0.537. The van der Waals surface area contributed by atoms with Crippen molar-refractivity contribution in [1.29, 1.82) is 0 Å². The summed E-state index contributed by atoms with van der Waals surface area (Å²) in [6, 6.07) is 1.21. The van der Waals surface area contributed by atoms with Gasteiger partial charge in [-0.1, -0.05) is 0 Å². The number of alkyl halides is 2. The van der Waals surface area contributed by atoms with E-state index in [1.165, 1.54) is 0 Å². The molecule has 0 aliphatic carbocycles. The smallest absolute Gasteiger partial charge is 0.288 e. The summed E-state index contributed by atoms with van der Waals surface area (Å²) < 4.78 is 49.4. The average molecular weight is 206 g/mol. The lowest BCUT2D eigenvalue weighted by Gasteiger charge is -2.03. The van der Waals surface area contributed by atoms with Crippen LogP contribution in [0, 0.1) is 18.6 Å². The zero-order chi connectivity index (χ0) is 10.9. The number of benzene rings is 1. The van der Waals surface area contributed by atoms with E-state index in [9.17, 15) is 22.4 Å². The van der Waals surface area contributed by atoms with Gasteiger partial charge in [-0.15, -0.1) is 0 Å². The van der Waals surface area contributed by atoms with Crippen molar-refractivity contribution in [2.75, 3.05) is 0 Å². The molecule has 0 aliphatic rings. The van der Waals surface area contributed by atoms with Crippen LogP contribution < -0.4 is 0 Å². The third kappa shape index (κ3) is 1.92. The highest BCUT2D eigenvalue weighted by Gasteiger charge is 2.20. The van der Waals surface area contributed by atoms with E-state index in [1.54, 1.807) is 0 Å². The summed E-state index contributed by atoms with van der Waals surface area (Å²) in [5.74, 6) is -3.59. The SMILES string of the molecule is Cc1c(F)cc(C(=O)C(F)F)cc1F. The molecule has 1 aromatic rings. The highest BCUT2D eigenvalue weighted by molar-refractivity contribution is 5.98. The van der Waals surface area contributed by atoms with Crippen molar-refractivity contribution in [3.05, 3.63) is 34.9 Å². The van der Waals surface area contributed by atoms with Crippen LogP contribution in [0.5, 0.6) is 0 Å². The van der Waals surface area contributed by atoms with E-state index in [1.807, 2.05) is 0 Å². The first-order chi connectivity index (χ1) is 6.43. The minimum atomic E-state index is -3.25. The molecule has 0 fully saturated rings. The number of carbonyl (C=O) groups excluding carboxylic acids is 1. The van der Waals surface area contributed by atoms with E-state index in [0.29, 0.717) is 12.1 Å². The van der Waals surface area contributed by atoms with Crippen LogP contribution in [0.1, 0.15) is 15.9 Å². The molecule has 1 nitrogen and oxygen atoms in total. The molecule has 5 heteroatoms. The van der Waals surface area contributed by atoms with E-state index >= 15 is 0 Å². The topological polar surface area (TPSA) is 17.1 Å². The summed E-state index contributed by atoms with van der Waals surface area (Å²) >= 11 is 0. The standard InChI is InChI=1S/C9H6F4O/c1-4-6(10)2-5(3-7(4)11)8(14)9(12)13/h2-3,9H,1H3. The monoisotopic (exact) mass is 206 g/mol. The molecular formula is C9H6F4O. The third-order valence-electron chi connectivity index (χ3n) is 1.76. The van der Waals surface area contributed by atoms with Gasteiger partial charge in [0, 0.05) is 11.1 Å². The predicted octanol–water partition coefficient (Wildman–Crippen LogP) is 2.72. The molecule has 14 heavy (non-hydrogen) atoms. The van der Waals surface area contributed by atoms with Gasteiger partial charge in [-0.3, -0.25) is 4.79 Å². The van der Waals surface area contributed by atoms with E-state index in [-0.39, 0.29) is 5.56 Å². The van der Waals surface area contributed by atoms with Crippen LogP contribution in [0.2, 0.25) is 0 Å². The first kappa shape index (κ1) is 10.7. The molecule has 0 saturated heterocycles. The molecule has 1 rings (SSSR count). The summed E-state index contributed by atoms with van der Waals surface area (Å²) in [6.07, 6.45) is -3.25. The fourth-order valence-corrected chi connectivity index (χ4v) is 0.914. The normalized spacial score (nSPS) is 10.7. The Morgan fingerprint density at radius 3 is 2.00 bits per heavy atom. The summed E-state index contributed by atoms with van der Waals surface area (Å²) in [7, 11) is 0. The predicted molar refractivity (Wildman–Crippen MR) is 41.4 cm³/mol. The van der Waals surface area contributed by atoms with Gasteiger partial charge in [0.15, 0.2) is 0 Å². The molecule has 0 unspecified atom stereocenters. The van der Waals surface area contributed by atoms with Crippen molar-refractivity contribution in [1.82, 2.24) is 0 Å². The molecule has 0 saturated carbocycles. The number of ketones is 1. The van der Waals surface area contributed by atoms with Gasteiger partial charge in [-0.2, -0.15) is 0 Å². The first-order valence-corrected chi connectivity index (χ1v) is 3.71. The number of carbonyl (C=O) groups is 1. The third-order valence-corrected chi connectivity index (χ3v) is 1.76. The van der Waals surface area contributed by atoms with Gasteiger partial charge in [-0.25, -0.2) is 17.6 Å². The Labute approximate surface area is 77.3 Å². The largest absolute Gasteiger partial charge is 0.300 e. The van der Waals surface area contributed by atoms with Crippen molar-refractivity contribution in [2.45, 2.75) is 13.3 Å². The molecule has 0 amide bonds. The van der Waals surface area contributed by atoms with Crippen molar-refractivity contribution in [2.24, 2.45) is 0 Å². The Hall–Kier alpha value is -1.39. The average Bonchev–Trinajstić information content (AvgIpc) is 2.12. The number of hydrogen-bond donors (Lipinski definition) is 0. The Kier molecular flexibility index (Phi) is 2.88. The van der Waals surface area contributed by atoms with E-state index < -0.39 is 29.4 Å². The highest BCUT2D eigenvalue weighted by atomic mass is 19.3. The Morgan fingerprint density at radius 1 is 1.21 bits per heavy atom.